The number of fused-ring (bicyclic) bond motifs is 1. The Kier molecular flexibility index (Phi) is 3.90. The van der Waals surface area contributed by atoms with Crippen molar-refractivity contribution < 1.29 is 14.7 Å². The molecule has 23 heavy (non-hydrogen) atoms. The lowest BCUT2D eigenvalue weighted by atomic mass is 9.90. The highest BCUT2D eigenvalue weighted by molar-refractivity contribution is 5.83. The second-order valence-corrected chi connectivity index (χ2v) is 6.19. The average molecular weight is 313 g/mol. The first kappa shape index (κ1) is 15.3. The standard InChI is InChI=1S/C17H19N3O3/c1-17(15(21)22)7-9-20(11-17)16(23)19-10-13-5-2-4-12-6-3-8-18-14(12)13/h2-6,8H,7,9-11H2,1H3,(H,19,23)(H,21,22). The third-order valence-electron chi connectivity index (χ3n) is 4.42. The van der Waals surface area contributed by atoms with Crippen molar-refractivity contribution in [2.45, 2.75) is 19.9 Å². The number of pyridine rings is 1. The summed E-state index contributed by atoms with van der Waals surface area (Å²) < 4.78 is 0. The van der Waals surface area contributed by atoms with Gasteiger partial charge in [0.1, 0.15) is 0 Å². The molecule has 1 fully saturated rings. The Morgan fingerprint density at radius 2 is 2.13 bits per heavy atom. The van der Waals surface area contributed by atoms with Crippen LogP contribution in [0, 0.1) is 5.41 Å². The van der Waals surface area contributed by atoms with E-state index in [-0.39, 0.29) is 12.6 Å². The fourth-order valence-electron chi connectivity index (χ4n) is 2.90. The molecule has 2 N–H and O–H groups in total. The zero-order chi connectivity index (χ0) is 16.4. The Labute approximate surface area is 134 Å². The molecule has 120 valence electrons. The number of hydrogen-bond donors (Lipinski definition) is 2. The van der Waals surface area contributed by atoms with Crippen LogP contribution in [0.4, 0.5) is 4.79 Å². The summed E-state index contributed by atoms with van der Waals surface area (Å²) in [6, 6.07) is 9.47. The number of nitrogens with one attached hydrogen (secondary N) is 1. The second-order valence-electron chi connectivity index (χ2n) is 6.19. The third-order valence-corrected chi connectivity index (χ3v) is 4.42. The van der Waals surface area contributed by atoms with E-state index < -0.39 is 11.4 Å². The zero-order valence-electron chi connectivity index (χ0n) is 13.0. The Hall–Kier alpha value is -2.63. The fraction of sp³-hybridized carbons (Fsp3) is 0.353. The van der Waals surface area contributed by atoms with E-state index in [2.05, 4.69) is 10.3 Å². The molecule has 0 spiro atoms. The molecule has 1 saturated heterocycles. The van der Waals surface area contributed by atoms with Crippen molar-refractivity contribution in [3.05, 3.63) is 42.1 Å². The van der Waals surface area contributed by atoms with E-state index >= 15 is 0 Å². The van der Waals surface area contributed by atoms with Crippen LogP contribution in [-0.4, -0.2) is 40.1 Å². The topological polar surface area (TPSA) is 82.5 Å². The van der Waals surface area contributed by atoms with Gasteiger partial charge in [-0.3, -0.25) is 9.78 Å². The molecule has 1 aromatic heterocycles. The minimum atomic E-state index is -0.856. The lowest BCUT2D eigenvalue weighted by molar-refractivity contribution is -0.146. The monoisotopic (exact) mass is 313 g/mol. The number of aromatic nitrogens is 1. The SMILES string of the molecule is CC1(C(=O)O)CCN(C(=O)NCc2cccc3cccnc23)C1. The molecular formula is C17H19N3O3. The van der Waals surface area contributed by atoms with E-state index in [0.717, 1.165) is 16.5 Å². The number of rotatable bonds is 3. The van der Waals surface area contributed by atoms with Gasteiger partial charge in [-0.25, -0.2) is 4.79 Å². The number of carboxylic acid groups (broad SMARTS) is 1. The van der Waals surface area contributed by atoms with Gasteiger partial charge in [0.25, 0.3) is 0 Å². The molecule has 1 atom stereocenters. The molecule has 0 radical (unpaired) electrons. The molecule has 1 aromatic carbocycles. The highest BCUT2D eigenvalue weighted by Gasteiger charge is 2.42. The molecule has 3 rings (SSSR count). The van der Waals surface area contributed by atoms with Crippen molar-refractivity contribution >= 4 is 22.9 Å². The number of aliphatic carboxylic acids is 1. The van der Waals surface area contributed by atoms with E-state index in [1.165, 1.54) is 0 Å². The molecular weight excluding hydrogens is 294 g/mol. The molecule has 1 aliphatic heterocycles. The number of nitrogens with zero attached hydrogens (tertiary/aromatic N) is 2. The van der Waals surface area contributed by atoms with Gasteiger partial charge in [0, 0.05) is 31.2 Å². The van der Waals surface area contributed by atoms with E-state index in [4.69, 9.17) is 0 Å². The highest BCUT2D eigenvalue weighted by Crippen LogP contribution is 2.30. The van der Waals surface area contributed by atoms with Crippen LogP contribution in [0.15, 0.2) is 36.5 Å². The maximum Gasteiger partial charge on any atom is 0.317 e. The second kappa shape index (κ2) is 5.87. The molecule has 6 heteroatoms. The Bertz CT molecular complexity index is 756. The summed E-state index contributed by atoms with van der Waals surface area (Å²) in [5.74, 6) is -0.856. The van der Waals surface area contributed by atoms with Crippen molar-refractivity contribution in [1.82, 2.24) is 15.2 Å². The molecule has 1 unspecified atom stereocenters. The van der Waals surface area contributed by atoms with Gasteiger partial charge in [0.15, 0.2) is 0 Å². The van der Waals surface area contributed by atoms with Crippen molar-refractivity contribution in [2.75, 3.05) is 13.1 Å². The first-order chi connectivity index (χ1) is 11.0. The van der Waals surface area contributed by atoms with E-state index in [9.17, 15) is 14.7 Å². The summed E-state index contributed by atoms with van der Waals surface area (Å²) in [4.78, 5) is 29.4. The first-order valence-electron chi connectivity index (χ1n) is 7.58. The number of carbonyl (C=O) groups is 2. The van der Waals surface area contributed by atoms with Gasteiger partial charge >= 0.3 is 12.0 Å². The highest BCUT2D eigenvalue weighted by atomic mass is 16.4. The lowest BCUT2D eigenvalue weighted by Gasteiger charge is -2.20. The Balaban J connectivity index is 1.67. The van der Waals surface area contributed by atoms with Gasteiger partial charge in [-0.1, -0.05) is 24.3 Å². The van der Waals surface area contributed by atoms with Crippen LogP contribution < -0.4 is 5.32 Å². The van der Waals surface area contributed by atoms with Crippen LogP contribution in [-0.2, 0) is 11.3 Å². The predicted molar refractivity (Wildman–Crippen MR) is 85.9 cm³/mol. The number of para-hydroxylation sites is 1. The summed E-state index contributed by atoms with van der Waals surface area (Å²) in [7, 11) is 0. The van der Waals surface area contributed by atoms with E-state index in [1.54, 1.807) is 18.0 Å². The van der Waals surface area contributed by atoms with Gasteiger partial charge in [0.05, 0.1) is 10.9 Å². The minimum absolute atomic E-state index is 0.233. The van der Waals surface area contributed by atoms with E-state index in [0.29, 0.717) is 19.5 Å². The predicted octanol–water partition coefficient (Wildman–Crippen LogP) is 2.24. The fourth-order valence-corrected chi connectivity index (χ4v) is 2.90. The quantitative estimate of drug-likeness (QED) is 0.910. The smallest absolute Gasteiger partial charge is 0.317 e. The number of hydrogen-bond acceptors (Lipinski definition) is 3. The van der Waals surface area contributed by atoms with Gasteiger partial charge in [-0.2, -0.15) is 0 Å². The summed E-state index contributed by atoms with van der Waals surface area (Å²) >= 11 is 0. The van der Waals surface area contributed by atoms with Crippen molar-refractivity contribution in [2.24, 2.45) is 5.41 Å². The lowest BCUT2D eigenvalue weighted by Crippen LogP contribution is -2.40. The minimum Gasteiger partial charge on any atom is -0.481 e. The molecule has 2 heterocycles. The molecule has 2 aromatic rings. The molecule has 0 bridgehead atoms. The van der Waals surface area contributed by atoms with Crippen molar-refractivity contribution in [3.63, 3.8) is 0 Å². The maximum absolute atomic E-state index is 12.3. The van der Waals surface area contributed by atoms with Crippen molar-refractivity contribution in [1.29, 1.82) is 0 Å². The largest absolute Gasteiger partial charge is 0.481 e. The normalized spacial score (nSPS) is 20.7. The van der Waals surface area contributed by atoms with Crippen LogP contribution in [0.25, 0.3) is 10.9 Å². The van der Waals surface area contributed by atoms with Crippen LogP contribution in [0.1, 0.15) is 18.9 Å². The van der Waals surface area contributed by atoms with Crippen LogP contribution in [0.2, 0.25) is 0 Å². The van der Waals surface area contributed by atoms with Crippen LogP contribution in [0.5, 0.6) is 0 Å². The number of amides is 2. The Morgan fingerprint density at radius 1 is 1.35 bits per heavy atom. The number of urea groups is 1. The number of carbonyl (C=O) groups excluding carboxylic acids is 1. The van der Waals surface area contributed by atoms with Gasteiger partial charge < -0.3 is 15.3 Å². The van der Waals surface area contributed by atoms with Gasteiger partial charge in [-0.05, 0) is 25.0 Å². The summed E-state index contributed by atoms with van der Waals surface area (Å²) in [5, 5.41) is 13.1. The Morgan fingerprint density at radius 3 is 2.87 bits per heavy atom. The van der Waals surface area contributed by atoms with Gasteiger partial charge in [0.2, 0.25) is 0 Å². The molecule has 0 saturated carbocycles. The summed E-state index contributed by atoms with van der Waals surface area (Å²) in [6.07, 6.45) is 2.21. The van der Waals surface area contributed by atoms with Crippen LogP contribution in [0.3, 0.4) is 0 Å². The summed E-state index contributed by atoms with van der Waals surface area (Å²) in [5.41, 5.74) is 0.960. The first-order valence-corrected chi connectivity index (χ1v) is 7.58. The van der Waals surface area contributed by atoms with E-state index in [1.807, 2.05) is 30.3 Å². The zero-order valence-corrected chi connectivity index (χ0v) is 13.0. The number of carboxylic acids is 1. The molecule has 2 amide bonds. The van der Waals surface area contributed by atoms with Crippen LogP contribution >= 0.6 is 0 Å². The number of benzene rings is 1. The molecule has 0 aliphatic carbocycles. The van der Waals surface area contributed by atoms with Gasteiger partial charge in [-0.15, -0.1) is 0 Å². The third kappa shape index (κ3) is 2.97. The summed E-state index contributed by atoms with van der Waals surface area (Å²) in [6.45, 7) is 2.75. The number of likely N-dealkylation sites (tertiary alicyclic amines) is 1. The average Bonchev–Trinajstić information content (AvgIpc) is 2.96. The molecule has 6 nitrogen and oxygen atoms in total. The van der Waals surface area contributed by atoms with Crippen molar-refractivity contribution in [3.8, 4) is 0 Å². The maximum atomic E-state index is 12.3. The molecule has 1 aliphatic rings.